The van der Waals surface area contributed by atoms with Crippen molar-refractivity contribution in [1.29, 1.82) is 0 Å². The summed E-state index contributed by atoms with van der Waals surface area (Å²) in [7, 11) is 5.06. The second-order valence-corrected chi connectivity index (χ2v) is 1.83. The molecule has 1 heterocycles. The average Bonchev–Trinajstić information content (AvgIpc) is 1.82. The van der Waals surface area contributed by atoms with E-state index in [0.29, 0.717) is 0 Å². The molecule has 0 unspecified atom stereocenters. The summed E-state index contributed by atoms with van der Waals surface area (Å²) in [6, 6.07) is 0. The van der Waals surface area contributed by atoms with E-state index < -0.39 is 12.2 Å². The van der Waals surface area contributed by atoms with Gasteiger partial charge in [0.25, 0.3) is 0 Å². The van der Waals surface area contributed by atoms with E-state index in [4.69, 9.17) is 7.85 Å². The maximum Gasteiger partial charge on any atom is 1.00 e. The van der Waals surface area contributed by atoms with Crippen molar-refractivity contribution in [3.8, 4) is 5.88 Å². The fraction of sp³-hybridized carbons (Fsp3) is 0.200. The van der Waals surface area contributed by atoms with E-state index in [1.54, 1.807) is 0 Å². The van der Waals surface area contributed by atoms with Crippen molar-refractivity contribution >= 4 is 13.4 Å². The molecule has 0 fully saturated rings. The first-order chi connectivity index (χ1) is 5.47. The molecule has 1 aromatic rings. The van der Waals surface area contributed by atoms with Crippen LogP contribution in [0.5, 0.6) is 5.88 Å². The summed E-state index contributed by atoms with van der Waals surface area (Å²) in [5.41, 5.74) is -0.128. The normalized spacial score (nSPS) is 10.5. The zero-order valence-electron chi connectivity index (χ0n) is 6.67. The van der Waals surface area contributed by atoms with Gasteiger partial charge in [-0.15, -0.1) is 13.2 Å². The van der Waals surface area contributed by atoms with Gasteiger partial charge in [-0.3, -0.25) is 9.97 Å². The summed E-state index contributed by atoms with van der Waals surface area (Å²) in [5.74, 6) is -0.664. The number of aromatic nitrogens is 2. The summed E-state index contributed by atoms with van der Waals surface area (Å²) >= 11 is 0. The Kier molecular flexibility index (Phi) is 5.45. The first-order valence-corrected chi connectivity index (χ1v) is 2.80. The van der Waals surface area contributed by atoms with Gasteiger partial charge >= 0.3 is 57.7 Å². The molecule has 0 spiro atoms. The summed E-state index contributed by atoms with van der Waals surface area (Å²) in [5, 5.41) is 0. The number of hydrogen-bond donors (Lipinski definition) is 0. The van der Waals surface area contributed by atoms with Crippen molar-refractivity contribution in [2.45, 2.75) is 6.36 Å². The molecule has 8 heteroatoms. The number of alkyl halides is 3. The topological polar surface area (TPSA) is 35.0 Å². The molecule has 0 atom stereocenters. The maximum atomic E-state index is 11.5. The van der Waals surface area contributed by atoms with Crippen LogP contribution in [-0.4, -0.2) is 24.2 Å². The van der Waals surface area contributed by atoms with Crippen molar-refractivity contribution in [2.24, 2.45) is 0 Å². The zero-order chi connectivity index (χ0) is 9.19. The minimum Gasteiger partial charge on any atom is -0.551 e. The van der Waals surface area contributed by atoms with E-state index in [9.17, 15) is 13.2 Å². The summed E-state index contributed by atoms with van der Waals surface area (Å²) < 4.78 is 38.1. The largest absolute Gasteiger partial charge is 1.00 e. The molecule has 1 rings (SSSR count). The van der Waals surface area contributed by atoms with Crippen LogP contribution in [0.2, 0.25) is 0 Å². The van der Waals surface area contributed by atoms with Crippen LogP contribution in [0, 0.1) is 0 Å². The zero-order valence-corrected chi connectivity index (χ0v) is 9.79. The van der Waals surface area contributed by atoms with Gasteiger partial charge in [-0.2, -0.15) is 0 Å². The summed E-state index contributed by atoms with van der Waals surface area (Å²) in [4.78, 5) is 6.59. The Labute approximate surface area is 116 Å². The molecule has 3 nitrogen and oxygen atoms in total. The van der Waals surface area contributed by atoms with Gasteiger partial charge < -0.3 is 12.6 Å². The van der Waals surface area contributed by atoms with Crippen LogP contribution >= 0.6 is 0 Å². The van der Waals surface area contributed by atoms with E-state index in [2.05, 4.69) is 14.7 Å². The average molecular weight is 213 g/mol. The SMILES string of the molecule is [B-]c1cncc(OC(F)(F)F)n1.[K+]. The van der Waals surface area contributed by atoms with Crippen LogP contribution in [0.1, 0.15) is 0 Å². The third-order valence-electron chi connectivity index (χ3n) is 0.851. The standard InChI is InChI=1S/C5H2BF3N2O.K/c6-3-1-10-2-4(11-3)12-5(7,8)9;/h1-2H;/q-1;+1. The Bertz CT molecular complexity index is 283. The van der Waals surface area contributed by atoms with Crippen molar-refractivity contribution in [1.82, 2.24) is 9.97 Å². The maximum absolute atomic E-state index is 11.5. The Morgan fingerprint density at radius 1 is 1.31 bits per heavy atom. The van der Waals surface area contributed by atoms with Crippen LogP contribution in [0.4, 0.5) is 13.2 Å². The first kappa shape index (κ1) is 13.4. The minimum absolute atomic E-state index is 0. The number of ether oxygens (including phenoxy) is 1. The van der Waals surface area contributed by atoms with Crippen molar-refractivity contribution in [3.05, 3.63) is 12.4 Å². The van der Waals surface area contributed by atoms with Crippen LogP contribution < -0.4 is 61.7 Å². The molecule has 0 aromatic carbocycles. The second-order valence-electron chi connectivity index (χ2n) is 1.83. The quantitative estimate of drug-likeness (QED) is 0.472. The minimum atomic E-state index is -4.76. The molecular formula is C5H2BF3KN2O. The fourth-order valence-electron chi connectivity index (χ4n) is 0.530. The molecule has 63 valence electrons. The van der Waals surface area contributed by atoms with Crippen molar-refractivity contribution in [3.63, 3.8) is 0 Å². The van der Waals surface area contributed by atoms with E-state index in [0.717, 1.165) is 12.4 Å². The van der Waals surface area contributed by atoms with Crippen molar-refractivity contribution in [2.75, 3.05) is 0 Å². The molecule has 1 aromatic heterocycles. The molecule has 3 radical (unpaired) electrons. The summed E-state index contributed by atoms with van der Waals surface area (Å²) in [6.07, 6.45) is -2.82. The number of hydrogen-bond acceptors (Lipinski definition) is 3. The third-order valence-corrected chi connectivity index (χ3v) is 0.851. The number of nitrogens with zero attached hydrogens (tertiary/aromatic N) is 2. The Morgan fingerprint density at radius 3 is 2.38 bits per heavy atom. The van der Waals surface area contributed by atoms with E-state index in [1.165, 1.54) is 0 Å². The van der Waals surface area contributed by atoms with Crippen LogP contribution in [-0.2, 0) is 0 Å². The molecule has 0 N–H and O–H groups in total. The molecule has 0 amide bonds. The Hall–Kier alpha value is 0.371. The van der Waals surface area contributed by atoms with E-state index in [-0.39, 0.29) is 57.0 Å². The monoisotopic (exact) mass is 213 g/mol. The smallest absolute Gasteiger partial charge is 0.551 e. The predicted molar refractivity (Wildman–Crippen MR) is 34.1 cm³/mol. The molecule has 13 heavy (non-hydrogen) atoms. The summed E-state index contributed by atoms with van der Waals surface area (Å²) in [6.45, 7) is 0. The van der Waals surface area contributed by atoms with Gasteiger partial charge in [-0.1, -0.05) is 0 Å². The molecule has 0 aliphatic rings. The van der Waals surface area contributed by atoms with Crippen LogP contribution in [0.3, 0.4) is 0 Å². The number of rotatable bonds is 1. The molecule has 0 saturated heterocycles. The van der Waals surface area contributed by atoms with Gasteiger partial charge in [0.15, 0.2) is 0 Å². The van der Waals surface area contributed by atoms with Gasteiger partial charge in [0.05, 0.1) is 6.20 Å². The molecule has 0 bridgehead atoms. The van der Waals surface area contributed by atoms with Gasteiger partial charge in [-0.05, 0) is 0 Å². The Morgan fingerprint density at radius 2 is 1.92 bits per heavy atom. The van der Waals surface area contributed by atoms with Crippen LogP contribution in [0.25, 0.3) is 0 Å². The Balaban J connectivity index is 0.00000144. The van der Waals surface area contributed by atoms with Gasteiger partial charge in [0.2, 0.25) is 5.88 Å². The van der Waals surface area contributed by atoms with E-state index >= 15 is 0 Å². The fourth-order valence-corrected chi connectivity index (χ4v) is 0.530. The molecule has 0 aliphatic heterocycles. The van der Waals surface area contributed by atoms with Crippen LogP contribution in [0.15, 0.2) is 12.4 Å². The second kappa shape index (κ2) is 5.30. The van der Waals surface area contributed by atoms with Gasteiger partial charge in [0.1, 0.15) is 0 Å². The molecule has 0 saturated carbocycles. The third kappa shape index (κ3) is 5.63. The molecule has 0 aliphatic carbocycles. The first-order valence-electron chi connectivity index (χ1n) is 2.80. The predicted octanol–water partition coefficient (Wildman–Crippen LogP) is -2.83. The van der Waals surface area contributed by atoms with Crippen molar-refractivity contribution < 1.29 is 69.3 Å². The van der Waals surface area contributed by atoms with E-state index in [1.807, 2.05) is 0 Å². The molecular weight excluding hydrogens is 211 g/mol. The number of halogens is 3. The van der Waals surface area contributed by atoms with Gasteiger partial charge in [-0.25, -0.2) is 5.59 Å². The van der Waals surface area contributed by atoms with Gasteiger partial charge in [0, 0.05) is 6.20 Å².